The fraction of sp³-hybridized carbons (Fsp3) is 0.143. The standard InChI is InChI=1S/C14H13NO2/c15-12-4-2-1-3-11(12)10-5-6-13-14(9-10)17-8-7-16-13/h1-6,9H,7-8,15H2. The number of hydrogen-bond donors (Lipinski definition) is 1. The minimum Gasteiger partial charge on any atom is -0.486 e. The van der Waals surface area contributed by atoms with Gasteiger partial charge in [0.2, 0.25) is 0 Å². The van der Waals surface area contributed by atoms with Crippen LogP contribution in [0.25, 0.3) is 11.1 Å². The second-order valence-corrected chi connectivity index (χ2v) is 3.95. The number of ether oxygens (including phenoxy) is 2. The van der Waals surface area contributed by atoms with Crippen molar-refractivity contribution in [1.82, 2.24) is 0 Å². The Morgan fingerprint density at radius 3 is 2.47 bits per heavy atom. The summed E-state index contributed by atoms with van der Waals surface area (Å²) in [5, 5.41) is 0. The molecule has 0 aromatic heterocycles. The van der Waals surface area contributed by atoms with E-state index in [9.17, 15) is 0 Å². The third-order valence-corrected chi connectivity index (χ3v) is 2.81. The zero-order valence-electron chi connectivity index (χ0n) is 9.35. The quantitative estimate of drug-likeness (QED) is 0.762. The highest BCUT2D eigenvalue weighted by molar-refractivity contribution is 5.77. The summed E-state index contributed by atoms with van der Waals surface area (Å²) in [4.78, 5) is 0. The number of fused-ring (bicyclic) bond motifs is 1. The van der Waals surface area contributed by atoms with E-state index in [1.807, 2.05) is 42.5 Å². The van der Waals surface area contributed by atoms with Crippen LogP contribution in [-0.4, -0.2) is 13.2 Å². The van der Waals surface area contributed by atoms with E-state index in [0.717, 1.165) is 28.3 Å². The van der Waals surface area contributed by atoms with E-state index < -0.39 is 0 Å². The molecule has 2 N–H and O–H groups in total. The summed E-state index contributed by atoms with van der Waals surface area (Å²) in [6, 6.07) is 13.7. The maximum atomic E-state index is 5.96. The van der Waals surface area contributed by atoms with E-state index in [-0.39, 0.29) is 0 Å². The van der Waals surface area contributed by atoms with Crippen LogP contribution in [0, 0.1) is 0 Å². The summed E-state index contributed by atoms with van der Waals surface area (Å²) in [5.74, 6) is 1.59. The van der Waals surface area contributed by atoms with Crippen LogP contribution < -0.4 is 15.2 Å². The van der Waals surface area contributed by atoms with Gasteiger partial charge in [0.05, 0.1) is 0 Å². The Kier molecular flexibility index (Phi) is 2.37. The average Bonchev–Trinajstić information content (AvgIpc) is 2.39. The molecule has 3 heteroatoms. The van der Waals surface area contributed by atoms with Gasteiger partial charge in [0.15, 0.2) is 11.5 Å². The molecule has 1 aliphatic heterocycles. The van der Waals surface area contributed by atoms with Crippen molar-refractivity contribution in [3.8, 4) is 22.6 Å². The number of anilines is 1. The van der Waals surface area contributed by atoms with Gasteiger partial charge in [-0.2, -0.15) is 0 Å². The fourth-order valence-electron chi connectivity index (χ4n) is 1.97. The van der Waals surface area contributed by atoms with Crippen LogP contribution in [0.2, 0.25) is 0 Å². The molecule has 0 unspecified atom stereocenters. The second-order valence-electron chi connectivity index (χ2n) is 3.95. The third-order valence-electron chi connectivity index (χ3n) is 2.81. The molecule has 0 radical (unpaired) electrons. The molecule has 0 atom stereocenters. The zero-order chi connectivity index (χ0) is 11.7. The lowest BCUT2D eigenvalue weighted by molar-refractivity contribution is 0.171. The smallest absolute Gasteiger partial charge is 0.161 e. The van der Waals surface area contributed by atoms with Gasteiger partial charge in [0.1, 0.15) is 13.2 Å². The second kappa shape index (κ2) is 4.01. The molecule has 3 rings (SSSR count). The van der Waals surface area contributed by atoms with Gasteiger partial charge in [-0.15, -0.1) is 0 Å². The number of nitrogen functional groups attached to an aromatic ring is 1. The maximum absolute atomic E-state index is 5.96. The highest BCUT2D eigenvalue weighted by atomic mass is 16.6. The van der Waals surface area contributed by atoms with Crippen LogP contribution >= 0.6 is 0 Å². The van der Waals surface area contributed by atoms with Crippen molar-refractivity contribution in [2.75, 3.05) is 18.9 Å². The summed E-state index contributed by atoms with van der Waals surface area (Å²) >= 11 is 0. The van der Waals surface area contributed by atoms with Crippen LogP contribution in [0.5, 0.6) is 11.5 Å². The Morgan fingerprint density at radius 1 is 0.882 bits per heavy atom. The Morgan fingerprint density at radius 2 is 1.65 bits per heavy atom. The SMILES string of the molecule is Nc1ccccc1-c1ccc2c(c1)OCCO2. The van der Waals surface area contributed by atoms with E-state index >= 15 is 0 Å². The molecule has 0 fully saturated rings. The monoisotopic (exact) mass is 227 g/mol. The Labute approximate surface area is 99.8 Å². The minimum atomic E-state index is 0.598. The molecule has 2 aromatic rings. The van der Waals surface area contributed by atoms with Crippen molar-refractivity contribution in [3.05, 3.63) is 42.5 Å². The molecule has 3 nitrogen and oxygen atoms in total. The first-order chi connectivity index (χ1) is 8.34. The van der Waals surface area contributed by atoms with Crippen molar-refractivity contribution in [3.63, 3.8) is 0 Å². The normalized spacial score (nSPS) is 13.4. The molecule has 0 bridgehead atoms. The molecule has 0 saturated carbocycles. The van der Waals surface area contributed by atoms with Crippen molar-refractivity contribution in [2.24, 2.45) is 0 Å². The van der Waals surface area contributed by atoms with Crippen molar-refractivity contribution >= 4 is 5.69 Å². The van der Waals surface area contributed by atoms with Crippen molar-refractivity contribution < 1.29 is 9.47 Å². The predicted octanol–water partition coefficient (Wildman–Crippen LogP) is 2.71. The van der Waals surface area contributed by atoms with Gasteiger partial charge >= 0.3 is 0 Å². The van der Waals surface area contributed by atoms with Crippen molar-refractivity contribution in [1.29, 1.82) is 0 Å². The highest BCUT2D eigenvalue weighted by Gasteiger charge is 2.12. The Bertz CT molecular complexity index is 552. The Balaban J connectivity index is 2.07. The minimum absolute atomic E-state index is 0.598. The van der Waals surface area contributed by atoms with Gasteiger partial charge < -0.3 is 15.2 Å². The molecule has 0 amide bonds. The molecule has 2 aromatic carbocycles. The molecule has 17 heavy (non-hydrogen) atoms. The van der Waals surface area contributed by atoms with E-state index in [1.54, 1.807) is 0 Å². The molecule has 0 aliphatic carbocycles. The number of para-hydroxylation sites is 1. The number of nitrogens with two attached hydrogens (primary N) is 1. The Hall–Kier alpha value is -2.16. The van der Waals surface area contributed by atoms with Crippen LogP contribution in [0.15, 0.2) is 42.5 Å². The van der Waals surface area contributed by atoms with Gasteiger partial charge in [0, 0.05) is 11.3 Å². The van der Waals surface area contributed by atoms with Crippen LogP contribution in [-0.2, 0) is 0 Å². The average molecular weight is 227 g/mol. The van der Waals surface area contributed by atoms with Gasteiger partial charge in [0.25, 0.3) is 0 Å². The summed E-state index contributed by atoms with van der Waals surface area (Å²) in [5.41, 5.74) is 8.79. The van der Waals surface area contributed by atoms with E-state index in [4.69, 9.17) is 15.2 Å². The van der Waals surface area contributed by atoms with Crippen LogP contribution in [0.4, 0.5) is 5.69 Å². The first kappa shape index (κ1) is 10.0. The number of benzene rings is 2. The largest absolute Gasteiger partial charge is 0.486 e. The lowest BCUT2D eigenvalue weighted by atomic mass is 10.0. The topological polar surface area (TPSA) is 44.5 Å². The number of hydrogen-bond acceptors (Lipinski definition) is 3. The van der Waals surface area contributed by atoms with Crippen molar-refractivity contribution in [2.45, 2.75) is 0 Å². The number of rotatable bonds is 1. The van der Waals surface area contributed by atoms with E-state index in [1.165, 1.54) is 0 Å². The summed E-state index contributed by atoms with van der Waals surface area (Å²) in [6.45, 7) is 1.21. The summed E-state index contributed by atoms with van der Waals surface area (Å²) in [7, 11) is 0. The molecule has 0 saturated heterocycles. The van der Waals surface area contributed by atoms with Crippen LogP contribution in [0.1, 0.15) is 0 Å². The van der Waals surface area contributed by atoms with Gasteiger partial charge in [-0.3, -0.25) is 0 Å². The maximum Gasteiger partial charge on any atom is 0.161 e. The summed E-state index contributed by atoms with van der Waals surface area (Å²) < 4.78 is 11.0. The lowest BCUT2D eigenvalue weighted by Gasteiger charge is -2.19. The van der Waals surface area contributed by atoms with Gasteiger partial charge in [-0.05, 0) is 23.8 Å². The summed E-state index contributed by atoms with van der Waals surface area (Å²) in [6.07, 6.45) is 0. The van der Waals surface area contributed by atoms with Gasteiger partial charge in [-0.1, -0.05) is 24.3 Å². The molecular weight excluding hydrogens is 214 g/mol. The van der Waals surface area contributed by atoms with E-state index in [2.05, 4.69) is 0 Å². The fourth-order valence-corrected chi connectivity index (χ4v) is 1.97. The molecular formula is C14H13NO2. The van der Waals surface area contributed by atoms with E-state index in [0.29, 0.717) is 13.2 Å². The molecule has 0 spiro atoms. The predicted molar refractivity (Wildman–Crippen MR) is 67.3 cm³/mol. The first-order valence-corrected chi connectivity index (χ1v) is 5.59. The molecule has 1 aliphatic rings. The molecule has 86 valence electrons. The lowest BCUT2D eigenvalue weighted by Crippen LogP contribution is -2.15. The first-order valence-electron chi connectivity index (χ1n) is 5.59. The zero-order valence-corrected chi connectivity index (χ0v) is 9.35. The third kappa shape index (κ3) is 1.80. The molecule has 1 heterocycles. The van der Waals surface area contributed by atoms with Crippen LogP contribution in [0.3, 0.4) is 0 Å². The highest BCUT2D eigenvalue weighted by Crippen LogP contribution is 2.35. The van der Waals surface area contributed by atoms with Gasteiger partial charge in [-0.25, -0.2) is 0 Å².